The normalized spacial score (nSPS) is 24.9. The standard InChI is InChI=1S/C57H69N11O8S/c1-32(2)53(57(72)67-30-40(69)22-48(67)56(71)62-33(3)36-11-16-45(60-27-36)54-34(4)61-31-77-54)50-26-52(65-76-50)73-20-18-35-9-14-41(15-10-35)74-42-23-43(24-42)75-51-21-37(17-19-59-51)68-38-12-13-39(68)29-66(28-38)47-25-46(63-64-55(47)58)44-7-5-6-8-49(44)70/h5-8,11,16-17,19,21,25-27,31-33,35,38-43,48,53,69-70H,9-10,12-15,18,20,22-24,28-30H2,1-4H3,(H2,58,64)(H,62,71)/t33-,35?,38+,39?,40+,41?,42?,43?,48-,53-/m0/s1. The lowest BCUT2D eigenvalue weighted by molar-refractivity contribution is -0.141. The van der Waals surface area contributed by atoms with Gasteiger partial charge in [0.15, 0.2) is 11.6 Å². The first-order valence-corrected chi connectivity index (χ1v) is 28.2. The first-order chi connectivity index (χ1) is 37.3. The van der Waals surface area contributed by atoms with Gasteiger partial charge in [-0.25, -0.2) is 9.97 Å². The summed E-state index contributed by atoms with van der Waals surface area (Å²) in [6, 6.07) is 18.1. The molecule has 6 atom stereocenters. The second-order valence-electron chi connectivity index (χ2n) is 22.0. The predicted octanol–water partition coefficient (Wildman–Crippen LogP) is 8.03. The Morgan fingerprint density at radius 1 is 0.870 bits per heavy atom. The average Bonchev–Trinajstić information content (AvgIpc) is 4.22. The molecule has 5 N–H and O–H groups in total. The highest BCUT2D eigenvalue weighted by atomic mass is 32.1. The number of phenolic OH excluding ortho intramolecular Hbond substituents is 1. The number of phenols is 1. The summed E-state index contributed by atoms with van der Waals surface area (Å²) >= 11 is 1.53. The van der Waals surface area contributed by atoms with Gasteiger partial charge in [0.2, 0.25) is 17.7 Å². The number of β-amino-alcohol motifs (C(OH)–C–C–N with tert-alkyl or cyclic N) is 1. The fourth-order valence-corrected chi connectivity index (χ4v) is 12.9. The number of aryl methyl sites for hydroxylation is 1. The molecule has 3 aliphatic heterocycles. The summed E-state index contributed by atoms with van der Waals surface area (Å²) in [5.74, 6) is 0.849. The number of likely N-dealkylation sites (tertiary alicyclic amines) is 1. The number of nitrogens with two attached hydrogens (primary N) is 1. The number of fused-ring (bicyclic) bond motifs is 2. The number of pyridine rings is 2. The van der Waals surface area contributed by atoms with Crippen molar-refractivity contribution in [2.24, 2.45) is 11.8 Å². The van der Waals surface area contributed by atoms with Gasteiger partial charge in [0.1, 0.15) is 23.8 Å². The molecule has 3 saturated heterocycles. The fourth-order valence-electron chi connectivity index (χ4n) is 12.1. The average molecular weight is 1070 g/mol. The van der Waals surface area contributed by atoms with Crippen molar-refractivity contribution in [3.8, 4) is 39.3 Å². The molecule has 2 bridgehead atoms. The van der Waals surface area contributed by atoms with Gasteiger partial charge in [-0.2, -0.15) is 0 Å². The minimum absolute atomic E-state index is 0.0460. The molecule has 2 amide bonds. The van der Waals surface area contributed by atoms with E-state index in [1.807, 2.05) is 64.2 Å². The van der Waals surface area contributed by atoms with E-state index in [0.717, 1.165) is 104 Å². The summed E-state index contributed by atoms with van der Waals surface area (Å²) in [5.41, 5.74) is 13.9. The molecular formula is C57H69N11O8S. The molecule has 0 radical (unpaired) electrons. The number of aliphatic hydroxyl groups is 1. The van der Waals surface area contributed by atoms with Crippen LogP contribution in [0.25, 0.3) is 21.8 Å². The maximum absolute atomic E-state index is 14.2. The summed E-state index contributed by atoms with van der Waals surface area (Å²) in [7, 11) is 0. The van der Waals surface area contributed by atoms with Crippen molar-refractivity contribution in [1.82, 2.24) is 40.5 Å². The van der Waals surface area contributed by atoms with Crippen molar-refractivity contribution in [3.05, 3.63) is 95.6 Å². The van der Waals surface area contributed by atoms with Crippen molar-refractivity contribution < 1.29 is 38.5 Å². The molecule has 5 fully saturated rings. The highest BCUT2D eigenvalue weighted by Gasteiger charge is 2.45. The van der Waals surface area contributed by atoms with E-state index in [-0.39, 0.29) is 72.9 Å². The Labute approximate surface area is 452 Å². The number of rotatable bonds is 18. The van der Waals surface area contributed by atoms with E-state index in [9.17, 15) is 19.8 Å². The molecule has 2 saturated carbocycles. The summed E-state index contributed by atoms with van der Waals surface area (Å²) < 4.78 is 24.8. The number of aliphatic hydroxyl groups excluding tert-OH is 1. The van der Waals surface area contributed by atoms with Crippen LogP contribution in [0.4, 0.5) is 17.2 Å². The number of carbonyl (C=O) groups is 2. The largest absolute Gasteiger partial charge is 0.507 e. The second-order valence-corrected chi connectivity index (χ2v) is 22.8. The van der Waals surface area contributed by atoms with E-state index in [0.29, 0.717) is 47.1 Å². The van der Waals surface area contributed by atoms with E-state index in [4.69, 9.17) is 24.5 Å². The zero-order chi connectivity index (χ0) is 53.3. The van der Waals surface area contributed by atoms with Crippen LogP contribution in [0.5, 0.6) is 17.5 Å². The Morgan fingerprint density at radius 2 is 1.66 bits per heavy atom. The van der Waals surface area contributed by atoms with Crippen LogP contribution in [-0.4, -0.2) is 126 Å². The van der Waals surface area contributed by atoms with Gasteiger partial charge in [-0.15, -0.1) is 21.5 Å². The van der Waals surface area contributed by atoms with Gasteiger partial charge in [0.25, 0.3) is 5.88 Å². The third-order valence-electron chi connectivity index (χ3n) is 16.3. The molecular weight excluding hydrogens is 999 g/mol. The van der Waals surface area contributed by atoms with Crippen LogP contribution in [0.3, 0.4) is 0 Å². The zero-order valence-electron chi connectivity index (χ0n) is 44.1. The van der Waals surface area contributed by atoms with E-state index >= 15 is 0 Å². The molecule has 0 spiro atoms. The molecule has 8 heterocycles. The first-order valence-electron chi connectivity index (χ1n) is 27.3. The number of carbonyl (C=O) groups excluding carboxylic acids is 2. The number of anilines is 3. The van der Waals surface area contributed by atoms with Crippen LogP contribution in [0.15, 0.2) is 83.1 Å². The Kier molecular flexibility index (Phi) is 15.3. The number of para-hydroxylation sites is 1. The van der Waals surface area contributed by atoms with Gasteiger partial charge in [-0.3, -0.25) is 14.6 Å². The minimum atomic E-state index is -0.844. The van der Waals surface area contributed by atoms with Crippen molar-refractivity contribution in [3.63, 3.8) is 0 Å². The number of piperazine rings is 1. The highest BCUT2D eigenvalue weighted by Crippen LogP contribution is 2.41. The number of hydrogen-bond acceptors (Lipinski definition) is 18. The fraction of sp³-hybridized carbons (Fsp3) is 0.509. The van der Waals surface area contributed by atoms with E-state index in [1.165, 1.54) is 16.2 Å². The first kappa shape index (κ1) is 52.2. The van der Waals surface area contributed by atoms with E-state index in [1.54, 1.807) is 29.9 Å². The number of nitrogens with one attached hydrogen (secondary N) is 1. The monoisotopic (exact) mass is 1070 g/mol. The van der Waals surface area contributed by atoms with Crippen LogP contribution >= 0.6 is 11.3 Å². The highest BCUT2D eigenvalue weighted by molar-refractivity contribution is 7.13. The number of ether oxygens (including phenoxy) is 3. The topological polar surface area (TPSA) is 241 Å². The van der Waals surface area contributed by atoms with Gasteiger partial charge in [-0.05, 0) is 112 Å². The summed E-state index contributed by atoms with van der Waals surface area (Å²) in [6.07, 6.45) is 12.2. The van der Waals surface area contributed by atoms with Crippen LogP contribution in [0.2, 0.25) is 0 Å². The number of thiazole rings is 1. The summed E-state index contributed by atoms with van der Waals surface area (Å²) in [4.78, 5) is 48.8. The van der Waals surface area contributed by atoms with Gasteiger partial charge in [0, 0.05) is 86.8 Å². The van der Waals surface area contributed by atoms with E-state index < -0.39 is 18.1 Å². The van der Waals surface area contributed by atoms with Crippen molar-refractivity contribution in [2.75, 3.05) is 41.8 Å². The molecule has 20 heteroatoms. The molecule has 5 aromatic heterocycles. The summed E-state index contributed by atoms with van der Waals surface area (Å²) in [6.45, 7) is 9.79. The lowest BCUT2D eigenvalue weighted by Crippen LogP contribution is -2.54. The van der Waals surface area contributed by atoms with Gasteiger partial charge in [0.05, 0.1) is 64.1 Å². The molecule has 11 rings (SSSR count). The maximum atomic E-state index is 14.2. The quantitative estimate of drug-likeness (QED) is 0.0637. The Morgan fingerprint density at radius 3 is 2.39 bits per heavy atom. The molecule has 6 aromatic rings. The van der Waals surface area contributed by atoms with Crippen LogP contribution in [-0.2, 0) is 14.3 Å². The van der Waals surface area contributed by atoms with Crippen LogP contribution in [0, 0.1) is 18.8 Å². The smallest absolute Gasteiger partial charge is 0.254 e. The molecule has 1 unspecified atom stereocenters. The third-order valence-corrected chi connectivity index (χ3v) is 17.3. The van der Waals surface area contributed by atoms with Crippen molar-refractivity contribution >= 4 is 40.3 Å². The van der Waals surface area contributed by atoms with Crippen LogP contribution < -0.4 is 30.3 Å². The Hall–Kier alpha value is -6.90. The lowest BCUT2D eigenvalue weighted by atomic mass is 9.84. The SMILES string of the molecule is Cc1ncsc1-c1ccc([C@H](C)NC(=O)[C@@H]2C[C@@H](O)CN2C(=O)[C@H](c2cc(OCCC3CCC(OC4CC(Oc5cc(N6C7CC[C@@H]6CN(c6cc(-c8ccccc8O)nnc6N)C7)ccn5)C4)CC3)no2)C(C)C)cn1. The molecule has 19 nitrogen and oxygen atoms in total. The van der Waals surface area contributed by atoms with Gasteiger partial charge in [-0.1, -0.05) is 32.0 Å². The third kappa shape index (κ3) is 11.4. The maximum Gasteiger partial charge on any atom is 0.254 e. The van der Waals surface area contributed by atoms with Gasteiger partial charge < -0.3 is 54.7 Å². The molecule has 5 aliphatic rings. The predicted molar refractivity (Wildman–Crippen MR) is 291 cm³/mol. The number of aromatic hydroxyl groups is 1. The van der Waals surface area contributed by atoms with Crippen molar-refractivity contribution in [1.29, 1.82) is 0 Å². The van der Waals surface area contributed by atoms with E-state index in [2.05, 4.69) is 57.6 Å². The summed E-state index contributed by atoms with van der Waals surface area (Å²) in [5, 5.41) is 37.0. The van der Waals surface area contributed by atoms with Crippen LogP contribution in [0.1, 0.15) is 114 Å². The Balaban J connectivity index is 0.601. The number of aromatic nitrogens is 6. The molecule has 406 valence electrons. The molecule has 77 heavy (non-hydrogen) atoms. The number of benzene rings is 1. The van der Waals surface area contributed by atoms with Gasteiger partial charge >= 0.3 is 0 Å². The Bertz CT molecular complexity index is 3000. The molecule has 1 aromatic carbocycles. The number of amides is 2. The lowest BCUT2D eigenvalue weighted by Gasteiger charge is -2.43. The number of hydrogen-bond donors (Lipinski definition) is 4. The zero-order valence-corrected chi connectivity index (χ0v) is 44.9. The van der Waals surface area contributed by atoms with Crippen molar-refractivity contribution in [2.45, 2.75) is 146 Å². The molecule has 2 aliphatic carbocycles. The number of nitrogens with zero attached hydrogens (tertiary/aromatic N) is 9. The second kappa shape index (κ2) is 22.6. The minimum Gasteiger partial charge on any atom is -0.507 e. The number of nitrogen functional groups attached to an aromatic ring is 1.